The minimum Gasteiger partial charge on any atom is -0.310 e. The Morgan fingerprint density at radius 1 is 0.255 bits per heavy atom. The number of hydrogen-bond donors (Lipinski definition) is 0. The maximum atomic E-state index is 2.36. The van der Waals surface area contributed by atoms with Crippen LogP contribution in [-0.2, 0) is 0 Å². The molecular formula is C45H38N2. The van der Waals surface area contributed by atoms with Gasteiger partial charge in [-0.2, -0.15) is 0 Å². The maximum absolute atomic E-state index is 2.36. The summed E-state index contributed by atoms with van der Waals surface area (Å²) in [6.45, 7) is 6.46. The van der Waals surface area contributed by atoms with E-state index in [4.69, 9.17) is 0 Å². The number of hydrogen-bond acceptors (Lipinski definition) is 2. The lowest BCUT2D eigenvalue weighted by molar-refractivity contribution is 1.23. The zero-order valence-corrected chi connectivity index (χ0v) is 27.1. The van der Waals surface area contributed by atoms with Crippen molar-refractivity contribution in [3.63, 3.8) is 0 Å². The van der Waals surface area contributed by atoms with Gasteiger partial charge in [0.25, 0.3) is 0 Å². The van der Waals surface area contributed by atoms with Gasteiger partial charge in [0.05, 0.1) is 0 Å². The molecule has 47 heavy (non-hydrogen) atoms. The van der Waals surface area contributed by atoms with Gasteiger partial charge < -0.3 is 9.80 Å². The molecule has 7 aromatic carbocycles. The third-order valence-electron chi connectivity index (χ3n) is 8.61. The van der Waals surface area contributed by atoms with Crippen molar-refractivity contribution in [2.45, 2.75) is 20.8 Å². The fourth-order valence-electron chi connectivity index (χ4n) is 6.15. The highest BCUT2D eigenvalue weighted by molar-refractivity contribution is 5.85. The Bertz CT molecular complexity index is 1910. The van der Waals surface area contributed by atoms with Crippen molar-refractivity contribution < 1.29 is 0 Å². The molecule has 0 bridgehead atoms. The van der Waals surface area contributed by atoms with Gasteiger partial charge >= 0.3 is 0 Å². The number of anilines is 6. The standard InChI is InChI=1S/C45H38N2/c1-33-14-22-40(23-15-33)46(42-26-18-38(19-27-42)36-10-6-4-7-11-36)44-30-35(3)31-45(32-44)47(41-24-16-34(2)17-25-41)43-28-20-39(21-29-43)37-12-8-5-9-13-37/h4-32H,1-3H3. The molecule has 0 atom stereocenters. The van der Waals surface area contributed by atoms with Gasteiger partial charge in [0.1, 0.15) is 0 Å². The summed E-state index contributed by atoms with van der Waals surface area (Å²) >= 11 is 0. The minimum atomic E-state index is 1.11. The van der Waals surface area contributed by atoms with Crippen molar-refractivity contribution in [2.24, 2.45) is 0 Å². The van der Waals surface area contributed by atoms with Crippen LogP contribution < -0.4 is 9.80 Å². The SMILES string of the molecule is Cc1ccc(N(c2ccc(-c3ccccc3)cc2)c2cc(C)cc(N(c3ccc(C)cc3)c3ccc(-c4ccccc4)cc3)c2)cc1. The van der Waals surface area contributed by atoms with Crippen molar-refractivity contribution >= 4 is 34.1 Å². The summed E-state index contributed by atoms with van der Waals surface area (Å²) in [6.07, 6.45) is 0. The molecule has 228 valence electrons. The van der Waals surface area contributed by atoms with Crippen molar-refractivity contribution in [2.75, 3.05) is 9.80 Å². The number of nitrogens with zero attached hydrogens (tertiary/aromatic N) is 2. The topological polar surface area (TPSA) is 6.48 Å². The molecule has 0 saturated carbocycles. The largest absolute Gasteiger partial charge is 0.310 e. The zero-order valence-electron chi connectivity index (χ0n) is 27.1. The van der Waals surface area contributed by atoms with Gasteiger partial charge in [-0.25, -0.2) is 0 Å². The van der Waals surface area contributed by atoms with Crippen LogP contribution in [0.3, 0.4) is 0 Å². The monoisotopic (exact) mass is 606 g/mol. The number of aryl methyl sites for hydroxylation is 3. The molecule has 0 aliphatic carbocycles. The summed E-state index contributed by atoms with van der Waals surface area (Å²) in [7, 11) is 0. The van der Waals surface area contributed by atoms with Crippen LogP contribution in [0.5, 0.6) is 0 Å². The normalized spacial score (nSPS) is 10.9. The van der Waals surface area contributed by atoms with E-state index in [0.29, 0.717) is 0 Å². The van der Waals surface area contributed by atoms with Gasteiger partial charge in [-0.15, -0.1) is 0 Å². The van der Waals surface area contributed by atoms with Gasteiger partial charge in [-0.3, -0.25) is 0 Å². The highest BCUT2D eigenvalue weighted by atomic mass is 15.2. The molecule has 0 aliphatic rings. The van der Waals surface area contributed by atoms with E-state index < -0.39 is 0 Å². The van der Waals surface area contributed by atoms with Gasteiger partial charge in [-0.05, 0) is 115 Å². The van der Waals surface area contributed by atoms with Gasteiger partial charge in [0.15, 0.2) is 0 Å². The van der Waals surface area contributed by atoms with Crippen LogP contribution in [0.1, 0.15) is 16.7 Å². The van der Waals surface area contributed by atoms with Crippen LogP contribution in [0.15, 0.2) is 176 Å². The minimum absolute atomic E-state index is 1.11. The summed E-state index contributed by atoms with van der Waals surface area (Å²) in [5, 5.41) is 0. The Hall–Kier alpha value is -5.86. The predicted octanol–water partition coefficient (Wildman–Crippen LogP) is 12.9. The lowest BCUT2D eigenvalue weighted by atomic mass is 10.0. The molecule has 0 fully saturated rings. The van der Waals surface area contributed by atoms with Crippen LogP contribution in [-0.4, -0.2) is 0 Å². The van der Waals surface area contributed by atoms with E-state index in [1.807, 2.05) is 0 Å². The molecule has 0 saturated heterocycles. The molecule has 2 heteroatoms. The van der Waals surface area contributed by atoms with Gasteiger partial charge in [-0.1, -0.05) is 120 Å². The summed E-state index contributed by atoms with van der Waals surface area (Å²) in [6, 6.07) is 63.3. The first-order valence-corrected chi connectivity index (χ1v) is 16.2. The quantitative estimate of drug-likeness (QED) is 0.170. The summed E-state index contributed by atoms with van der Waals surface area (Å²) in [5.41, 5.74) is 15.2. The lowest BCUT2D eigenvalue weighted by Crippen LogP contribution is -2.13. The first-order valence-electron chi connectivity index (χ1n) is 16.2. The van der Waals surface area contributed by atoms with E-state index >= 15 is 0 Å². The Labute approximate surface area is 278 Å². The average Bonchev–Trinajstić information content (AvgIpc) is 3.11. The van der Waals surface area contributed by atoms with Crippen molar-refractivity contribution in [1.82, 2.24) is 0 Å². The molecule has 0 amide bonds. The smallest absolute Gasteiger partial charge is 0.0485 e. The van der Waals surface area contributed by atoms with E-state index in [2.05, 4.69) is 206 Å². The number of benzene rings is 7. The molecule has 0 heterocycles. The second-order valence-corrected chi connectivity index (χ2v) is 12.2. The molecule has 0 unspecified atom stereocenters. The maximum Gasteiger partial charge on any atom is 0.0485 e. The highest BCUT2D eigenvalue weighted by Gasteiger charge is 2.18. The van der Waals surface area contributed by atoms with Crippen LogP contribution in [0.4, 0.5) is 34.1 Å². The van der Waals surface area contributed by atoms with E-state index in [-0.39, 0.29) is 0 Å². The van der Waals surface area contributed by atoms with E-state index in [1.54, 1.807) is 0 Å². The van der Waals surface area contributed by atoms with Crippen LogP contribution in [0, 0.1) is 20.8 Å². The zero-order chi connectivity index (χ0) is 32.2. The van der Waals surface area contributed by atoms with Crippen LogP contribution >= 0.6 is 0 Å². The first-order chi connectivity index (χ1) is 23.0. The Kier molecular flexibility index (Phi) is 8.41. The molecule has 7 rings (SSSR count). The fraction of sp³-hybridized carbons (Fsp3) is 0.0667. The van der Waals surface area contributed by atoms with Gasteiger partial charge in [0.2, 0.25) is 0 Å². The lowest BCUT2D eigenvalue weighted by Gasteiger charge is -2.30. The molecule has 0 aromatic heterocycles. The molecule has 0 radical (unpaired) electrons. The predicted molar refractivity (Wildman–Crippen MR) is 201 cm³/mol. The molecule has 0 spiro atoms. The Morgan fingerprint density at radius 3 is 0.894 bits per heavy atom. The van der Waals surface area contributed by atoms with E-state index in [1.165, 1.54) is 38.9 Å². The molecule has 7 aromatic rings. The summed E-state index contributed by atoms with van der Waals surface area (Å²) in [5.74, 6) is 0. The average molecular weight is 607 g/mol. The summed E-state index contributed by atoms with van der Waals surface area (Å²) in [4.78, 5) is 4.72. The Balaban J connectivity index is 1.34. The number of rotatable bonds is 8. The molecule has 0 aliphatic heterocycles. The van der Waals surface area contributed by atoms with E-state index in [9.17, 15) is 0 Å². The third-order valence-corrected chi connectivity index (χ3v) is 8.61. The van der Waals surface area contributed by atoms with Crippen LogP contribution in [0.2, 0.25) is 0 Å². The first kappa shape index (κ1) is 29.8. The molecule has 2 nitrogen and oxygen atoms in total. The third kappa shape index (κ3) is 6.59. The highest BCUT2D eigenvalue weighted by Crippen LogP contribution is 2.42. The van der Waals surface area contributed by atoms with Crippen LogP contribution in [0.25, 0.3) is 22.3 Å². The van der Waals surface area contributed by atoms with Crippen molar-refractivity contribution in [1.29, 1.82) is 0 Å². The second kappa shape index (κ2) is 13.2. The van der Waals surface area contributed by atoms with E-state index in [0.717, 1.165) is 34.1 Å². The Morgan fingerprint density at radius 2 is 0.553 bits per heavy atom. The van der Waals surface area contributed by atoms with Gasteiger partial charge in [0, 0.05) is 34.1 Å². The van der Waals surface area contributed by atoms with Crippen molar-refractivity contribution in [3.05, 3.63) is 193 Å². The fourth-order valence-corrected chi connectivity index (χ4v) is 6.15. The molecular weight excluding hydrogens is 569 g/mol. The summed E-state index contributed by atoms with van der Waals surface area (Å²) < 4.78 is 0. The molecule has 0 N–H and O–H groups in total. The second-order valence-electron chi connectivity index (χ2n) is 12.2. The van der Waals surface area contributed by atoms with Crippen molar-refractivity contribution in [3.8, 4) is 22.3 Å².